The second-order valence-corrected chi connectivity index (χ2v) is 4.08. The minimum atomic E-state index is -1.58. The topological polar surface area (TPSA) is 38.9 Å². The first-order chi connectivity index (χ1) is 8.54. The van der Waals surface area contributed by atoms with E-state index in [4.69, 9.17) is 16.1 Å². The van der Waals surface area contributed by atoms with Crippen molar-refractivity contribution in [3.63, 3.8) is 0 Å². The van der Waals surface area contributed by atoms with Crippen molar-refractivity contribution in [1.29, 1.82) is 0 Å². The van der Waals surface area contributed by atoms with Gasteiger partial charge in [-0.25, -0.2) is 13.2 Å². The Morgan fingerprint density at radius 1 is 1.28 bits per heavy atom. The van der Waals surface area contributed by atoms with Gasteiger partial charge in [-0.1, -0.05) is 12.1 Å². The highest BCUT2D eigenvalue weighted by atomic mass is 35.5. The number of alkyl halides is 1. The summed E-state index contributed by atoms with van der Waals surface area (Å²) in [7, 11) is 0. The molecular weight excluding hydrogens is 269 g/mol. The zero-order valence-corrected chi connectivity index (χ0v) is 10.0. The van der Waals surface area contributed by atoms with E-state index in [0.29, 0.717) is 6.42 Å². The molecule has 0 saturated heterocycles. The fraction of sp³-hybridized carbons (Fsp3) is 0.273. The molecule has 0 saturated carbocycles. The predicted octanol–water partition coefficient (Wildman–Crippen LogP) is 3.84. The van der Waals surface area contributed by atoms with Crippen LogP contribution in [0.5, 0.6) is 0 Å². The van der Waals surface area contributed by atoms with Crippen molar-refractivity contribution in [3.8, 4) is 11.5 Å². The maximum Gasteiger partial charge on any atom is 0.261 e. The molecule has 0 spiro atoms. The lowest BCUT2D eigenvalue weighted by Gasteiger charge is -1.99. The third-order valence-electron chi connectivity index (χ3n) is 2.35. The molecule has 0 N–H and O–H groups in total. The molecule has 2 aromatic rings. The van der Waals surface area contributed by atoms with Gasteiger partial charge in [-0.2, -0.15) is 4.98 Å². The summed E-state index contributed by atoms with van der Waals surface area (Å²) in [5.74, 6) is -4.28. The maximum atomic E-state index is 13.5. The molecule has 3 nitrogen and oxygen atoms in total. The van der Waals surface area contributed by atoms with Crippen molar-refractivity contribution in [1.82, 2.24) is 10.1 Å². The highest BCUT2D eigenvalue weighted by Crippen LogP contribution is 2.27. The van der Waals surface area contributed by atoms with E-state index in [1.165, 1.54) is 0 Å². The number of nitrogens with zero attached hydrogens (tertiary/aromatic N) is 2. The molecule has 0 amide bonds. The largest absolute Gasteiger partial charge is 0.334 e. The second-order valence-electron chi connectivity index (χ2n) is 3.56. The predicted molar refractivity (Wildman–Crippen MR) is 58.5 cm³/mol. The minimum absolute atomic E-state index is 0.179. The Labute approximate surface area is 106 Å². The Hall–Kier alpha value is -1.56. The molecule has 96 valence electrons. The van der Waals surface area contributed by atoms with Crippen molar-refractivity contribution in [2.45, 2.75) is 18.7 Å². The van der Waals surface area contributed by atoms with Gasteiger partial charge in [0, 0.05) is 0 Å². The monoisotopic (exact) mass is 276 g/mol. The number of halogens is 4. The van der Waals surface area contributed by atoms with Crippen LogP contribution in [0.2, 0.25) is 0 Å². The first-order valence-corrected chi connectivity index (χ1v) is 5.59. The lowest BCUT2D eigenvalue weighted by molar-refractivity contribution is 0.412. The highest BCUT2D eigenvalue weighted by Gasteiger charge is 2.21. The van der Waals surface area contributed by atoms with Crippen molar-refractivity contribution >= 4 is 11.6 Å². The van der Waals surface area contributed by atoms with E-state index in [-0.39, 0.29) is 17.3 Å². The molecule has 1 unspecified atom stereocenters. The molecule has 1 aromatic carbocycles. The summed E-state index contributed by atoms with van der Waals surface area (Å²) in [5, 5.41) is 3.08. The van der Waals surface area contributed by atoms with E-state index in [0.717, 1.165) is 12.1 Å². The Morgan fingerprint density at radius 2 is 2.00 bits per heavy atom. The van der Waals surface area contributed by atoms with Crippen molar-refractivity contribution < 1.29 is 17.7 Å². The molecule has 1 atom stereocenters. The van der Waals surface area contributed by atoms with E-state index in [1.54, 1.807) is 0 Å². The van der Waals surface area contributed by atoms with E-state index in [9.17, 15) is 13.2 Å². The highest BCUT2D eigenvalue weighted by molar-refractivity contribution is 6.20. The standard InChI is InChI=1S/C11H8ClF3N2O/c1-2-6(12)10-16-11(18-17-10)5-3-4-7(13)9(15)8(5)14/h3-4,6H,2H2,1H3. The summed E-state index contributed by atoms with van der Waals surface area (Å²) >= 11 is 5.87. The summed E-state index contributed by atoms with van der Waals surface area (Å²) in [5.41, 5.74) is -0.299. The maximum absolute atomic E-state index is 13.5. The second kappa shape index (κ2) is 4.97. The van der Waals surface area contributed by atoms with Crippen LogP contribution in [-0.4, -0.2) is 10.1 Å². The van der Waals surface area contributed by atoms with Gasteiger partial charge >= 0.3 is 0 Å². The Balaban J connectivity index is 2.43. The summed E-state index contributed by atoms with van der Waals surface area (Å²) in [6.07, 6.45) is 0.556. The molecule has 1 heterocycles. The van der Waals surface area contributed by atoms with Crippen LogP contribution in [0.4, 0.5) is 13.2 Å². The van der Waals surface area contributed by atoms with E-state index >= 15 is 0 Å². The smallest absolute Gasteiger partial charge is 0.261 e. The van der Waals surface area contributed by atoms with Crippen LogP contribution in [0, 0.1) is 17.5 Å². The number of rotatable bonds is 3. The molecule has 0 aliphatic carbocycles. The van der Waals surface area contributed by atoms with Gasteiger partial charge in [0.05, 0.1) is 10.9 Å². The summed E-state index contributed by atoms with van der Waals surface area (Å²) in [6.45, 7) is 1.81. The van der Waals surface area contributed by atoms with Gasteiger partial charge in [0.15, 0.2) is 23.3 Å². The van der Waals surface area contributed by atoms with Crippen molar-refractivity contribution in [2.24, 2.45) is 0 Å². The van der Waals surface area contributed by atoms with E-state index in [2.05, 4.69) is 10.1 Å². The van der Waals surface area contributed by atoms with E-state index < -0.39 is 22.8 Å². The van der Waals surface area contributed by atoms with Gasteiger partial charge < -0.3 is 4.52 Å². The Morgan fingerprint density at radius 3 is 2.67 bits per heavy atom. The lowest BCUT2D eigenvalue weighted by atomic mass is 10.2. The Kier molecular flexibility index (Phi) is 3.56. The molecule has 7 heteroatoms. The third kappa shape index (κ3) is 2.20. The average molecular weight is 277 g/mol. The van der Waals surface area contributed by atoms with Gasteiger partial charge in [0.2, 0.25) is 0 Å². The number of benzene rings is 1. The van der Waals surface area contributed by atoms with Crippen molar-refractivity contribution in [3.05, 3.63) is 35.4 Å². The van der Waals surface area contributed by atoms with Crippen LogP contribution < -0.4 is 0 Å². The fourth-order valence-electron chi connectivity index (χ4n) is 1.35. The number of aromatic nitrogens is 2. The first kappa shape index (κ1) is 12.9. The molecular formula is C11H8ClF3N2O. The van der Waals surface area contributed by atoms with Gasteiger partial charge in [-0.15, -0.1) is 11.6 Å². The third-order valence-corrected chi connectivity index (χ3v) is 2.85. The molecule has 0 aliphatic heterocycles. The average Bonchev–Trinajstić information content (AvgIpc) is 2.84. The SMILES string of the molecule is CCC(Cl)c1noc(-c2ccc(F)c(F)c2F)n1. The molecule has 2 rings (SSSR count). The summed E-state index contributed by atoms with van der Waals surface area (Å²) in [6, 6.07) is 1.82. The molecule has 0 fully saturated rings. The van der Waals surface area contributed by atoms with Crippen LogP contribution in [0.15, 0.2) is 16.7 Å². The van der Waals surface area contributed by atoms with Gasteiger partial charge in [0.25, 0.3) is 5.89 Å². The number of hydrogen-bond acceptors (Lipinski definition) is 3. The van der Waals surface area contributed by atoms with E-state index in [1.807, 2.05) is 6.92 Å². The van der Waals surface area contributed by atoms with Gasteiger partial charge in [0.1, 0.15) is 0 Å². The van der Waals surface area contributed by atoms with Gasteiger partial charge in [-0.05, 0) is 18.6 Å². The summed E-state index contributed by atoms with van der Waals surface area (Å²) < 4.78 is 44.0. The lowest BCUT2D eigenvalue weighted by Crippen LogP contribution is -1.95. The van der Waals surface area contributed by atoms with Crippen LogP contribution >= 0.6 is 11.6 Å². The van der Waals surface area contributed by atoms with Crippen LogP contribution in [0.3, 0.4) is 0 Å². The van der Waals surface area contributed by atoms with Gasteiger partial charge in [-0.3, -0.25) is 0 Å². The van der Waals surface area contributed by atoms with Crippen LogP contribution in [0.1, 0.15) is 24.5 Å². The zero-order chi connectivity index (χ0) is 13.3. The molecule has 0 aliphatic rings. The zero-order valence-electron chi connectivity index (χ0n) is 9.25. The first-order valence-electron chi connectivity index (χ1n) is 5.16. The minimum Gasteiger partial charge on any atom is -0.334 e. The van der Waals surface area contributed by atoms with Crippen molar-refractivity contribution in [2.75, 3.05) is 0 Å². The normalized spacial score (nSPS) is 12.7. The summed E-state index contributed by atoms with van der Waals surface area (Å²) in [4.78, 5) is 3.84. The Bertz CT molecular complexity index is 573. The molecule has 18 heavy (non-hydrogen) atoms. The van der Waals surface area contributed by atoms with Crippen LogP contribution in [0.25, 0.3) is 11.5 Å². The molecule has 0 radical (unpaired) electrons. The number of hydrogen-bond donors (Lipinski definition) is 0. The molecule has 0 bridgehead atoms. The molecule has 1 aromatic heterocycles. The quantitative estimate of drug-likeness (QED) is 0.631. The van der Waals surface area contributed by atoms with Crippen LogP contribution in [-0.2, 0) is 0 Å². The fourth-order valence-corrected chi connectivity index (χ4v) is 1.43.